The van der Waals surface area contributed by atoms with E-state index in [2.05, 4.69) is 20.0 Å². The first-order valence-corrected chi connectivity index (χ1v) is 9.27. The van der Waals surface area contributed by atoms with Crippen molar-refractivity contribution < 1.29 is 18.3 Å². The summed E-state index contributed by atoms with van der Waals surface area (Å²) in [4.78, 5) is 33.4. The Bertz CT molecular complexity index is 1320. The highest BCUT2D eigenvalue weighted by molar-refractivity contribution is 6.20. The normalized spacial score (nSPS) is 11.3. The molecule has 0 saturated heterocycles. The monoisotopic (exact) mass is 442 g/mol. The second-order valence-electron chi connectivity index (χ2n) is 6.39. The number of carbonyl (C=O) groups is 1. The summed E-state index contributed by atoms with van der Waals surface area (Å²) in [6.45, 7) is 0. The van der Waals surface area contributed by atoms with Crippen LogP contribution in [-0.4, -0.2) is 26.0 Å². The van der Waals surface area contributed by atoms with Crippen LogP contribution in [0.15, 0.2) is 78.0 Å². The Hall–Kier alpha value is -3.85. The molecule has 7 nitrogen and oxygen atoms in total. The number of pyridine rings is 3. The number of benzene rings is 1. The lowest BCUT2D eigenvalue weighted by Crippen LogP contribution is -2.21. The van der Waals surface area contributed by atoms with Gasteiger partial charge in [0.15, 0.2) is 0 Å². The number of ether oxygens (including phenoxy) is 1. The van der Waals surface area contributed by atoms with Gasteiger partial charge < -0.3 is 10.1 Å². The minimum Gasteiger partial charge on any atom is -0.420 e. The van der Waals surface area contributed by atoms with Gasteiger partial charge in [-0.1, -0.05) is 0 Å². The Labute approximate surface area is 178 Å². The van der Waals surface area contributed by atoms with E-state index in [0.717, 1.165) is 0 Å². The lowest BCUT2D eigenvalue weighted by molar-refractivity contribution is -0.0964. The van der Waals surface area contributed by atoms with E-state index in [9.17, 15) is 18.4 Å². The summed E-state index contributed by atoms with van der Waals surface area (Å²) < 4.78 is 30.9. The van der Waals surface area contributed by atoms with Gasteiger partial charge in [0, 0.05) is 35.7 Å². The van der Waals surface area contributed by atoms with Crippen molar-refractivity contribution in [2.45, 2.75) is 5.57 Å². The molecule has 0 spiro atoms. The molecule has 0 radical (unpaired) electrons. The van der Waals surface area contributed by atoms with E-state index in [0.29, 0.717) is 22.4 Å². The van der Waals surface area contributed by atoms with Crippen molar-refractivity contribution in [2.75, 3.05) is 5.32 Å². The number of rotatable bonds is 5. The Kier molecular flexibility index (Phi) is 5.35. The van der Waals surface area contributed by atoms with Gasteiger partial charge in [0.2, 0.25) is 0 Å². The van der Waals surface area contributed by atoms with Gasteiger partial charge in [0.1, 0.15) is 5.75 Å². The molecular weight excluding hydrogens is 430 g/mol. The van der Waals surface area contributed by atoms with Crippen LogP contribution in [0.1, 0.15) is 10.4 Å². The molecule has 0 aliphatic rings. The number of hydrogen-bond acceptors (Lipinski definition) is 5. The van der Waals surface area contributed by atoms with Crippen molar-refractivity contribution in [3.8, 4) is 11.4 Å². The number of nitrogens with zero attached hydrogens (tertiary/aromatic N) is 3. The number of fused-ring (bicyclic) bond motifs is 1. The minimum absolute atomic E-state index is 0.163. The second kappa shape index (κ2) is 8.11. The predicted octanol–water partition coefficient (Wildman–Crippen LogP) is 4.20. The molecule has 4 rings (SSSR count). The fourth-order valence-corrected chi connectivity index (χ4v) is 2.93. The third-order valence-corrected chi connectivity index (χ3v) is 4.31. The number of alkyl halides is 3. The van der Waals surface area contributed by atoms with Crippen LogP contribution < -0.4 is 15.6 Å². The SMILES string of the molecule is O=C(Nc1ccc(OC(F)(F)Cl)cc1)c1ccc(=O)n(-c2cnc3cccnc3c2)c1. The molecule has 1 aromatic carbocycles. The van der Waals surface area contributed by atoms with Crippen LogP contribution in [0.25, 0.3) is 16.7 Å². The van der Waals surface area contributed by atoms with Crippen molar-refractivity contribution in [3.05, 3.63) is 89.1 Å². The summed E-state index contributed by atoms with van der Waals surface area (Å²) in [6, 6.07) is 13.1. The molecule has 10 heteroatoms. The molecule has 3 aromatic heterocycles. The topological polar surface area (TPSA) is 86.1 Å². The molecule has 0 aliphatic carbocycles. The molecule has 0 aliphatic heterocycles. The fraction of sp³-hybridized carbons (Fsp3) is 0.0476. The highest BCUT2D eigenvalue weighted by Crippen LogP contribution is 2.26. The molecule has 156 valence electrons. The maximum atomic E-state index is 12.7. The molecule has 0 unspecified atom stereocenters. The molecule has 0 bridgehead atoms. The second-order valence-corrected chi connectivity index (χ2v) is 6.83. The van der Waals surface area contributed by atoms with Crippen LogP contribution >= 0.6 is 11.6 Å². The van der Waals surface area contributed by atoms with Gasteiger partial charge in [-0.2, -0.15) is 0 Å². The first-order chi connectivity index (χ1) is 14.8. The molecular formula is C21H13ClF2N4O3. The molecule has 31 heavy (non-hydrogen) atoms. The highest BCUT2D eigenvalue weighted by atomic mass is 35.5. The first kappa shape index (κ1) is 20.4. The molecule has 3 heterocycles. The molecule has 1 amide bonds. The molecule has 0 saturated carbocycles. The van der Waals surface area contributed by atoms with Crippen LogP contribution in [0.4, 0.5) is 14.5 Å². The van der Waals surface area contributed by atoms with Gasteiger partial charge in [-0.15, -0.1) is 8.78 Å². The number of anilines is 1. The average Bonchev–Trinajstić information content (AvgIpc) is 2.74. The van der Waals surface area contributed by atoms with Crippen molar-refractivity contribution in [1.82, 2.24) is 14.5 Å². The zero-order chi connectivity index (χ0) is 22.0. The van der Waals surface area contributed by atoms with Crippen molar-refractivity contribution in [1.29, 1.82) is 0 Å². The fourth-order valence-electron chi connectivity index (χ4n) is 2.84. The number of aromatic nitrogens is 3. The van der Waals surface area contributed by atoms with Gasteiger partial charge in [0.25, 0.3) is 11.5 Å². The minimum atomic E-state index is -3.83. The lowest BCUT2D eigenvalue weighted by atomic mass is 10.2. The largest absolute Gasteiger partial charge is 0.487 e. The average molecular weight is 443 g/mol. The van der Waals surface area contributed by atoms with Crippen LogP contribution in [0.2, 0.25) is 0 Å². The van der Waals surface area contributed by atoms with Crippen molar-refractivity contribution in [2.24, 2.45) is 0 Å². The Morgan fingerprint density at radius 1 is 1.06 bits per heavy atom. The summed E-state index contributed by atoms with van der Waals surface area (Å²) in [7, 11) is 0. The van der Waals surface area contributed by atoms with E-state index in [1.54, 1.807) is 24.4 Å². The number of carbonyl (C=O) groups excluding carboxylic acids is 1. The van der Waals surface area contributed by atoms with Crippen molar-refractivity contribution >= 4 is 34.2 Å². The van der Waals surface area contributed by atoms with Gasteiger partial charge in [0.05, 0.1) is 28.5 Å². The smallest absolute Gasteiger partial charge is 0.420 e. The third-order valence-electron chi connectivity index (χ3n) is 4.23. The Morgan fingerprint density at radius 3 is 2.58 bits per heavy atom. The van der Waals surface area contributed by atoms with Gasteiger partial charge in [-0.05, 0) is 48.5 Å². The number of nitrogens with one attached hydrogen (secondary N) is 1. The third kappa shape index (κ3) is 4.84. The van der Waals surface area contributed by atoms with Gasteiger partial charge in [-0.3, -0.25) is 24.1 Å². The van der Waals surface area contributed by atoms with Gasteiger partial charge >= 0.3 is 5.57 Å². The Morgan fingerprint density at radius 2 is 1.84 bits per heavy atom. The number of amides is 1. The highest BCUT2D eigenvalue weighted by Gasteiger charge is 2.27. The summed E-state index contributed by atoms with van der Waals surface area (Å²) in [5, 5.41) is 2.62. The maximum absolute atomic E-state index is 12.7. The standard InChI is InChI=1S/C21H13ClF2N4O3/c22-21(23,24)31-16-6-4-14(5-7-16)27-20(30)13-3-8-19(29)28(12-13)15-10-18-17(26-11-15)2-1-9-25-18/h1-12H,(H,27,30). The van der Waals surface area contributed by atoms with Crippen molar-refractivity contribution in [3.63, 3.8) is 0 Å². The van der Waals surface area contributed by atoms with Crippen LogP contribution in [-0.2, 0) is 0 Å². The molecule has 1 N–H and O–H groups in total. The molecule has 4 aromatic rings. The number of halogens is 3. The van der Waals surface area contributed by atoms with Crippen LogP contribution in [0, 0.1) is 0 Å². The maximum Gasteiger partial charge on any atom is 0.487 e. The van der Waals surface area contributed by atoms with E-state index in [1.165, 1.54) is 53.4 Å². The quantitative estimate of drug-likeness (QED) is 0.468. The van der Waals surface area contributed by atoms with Gasteiger partial charge in [-0.25, -0.2) is 0 Å². The summed E-state index contributed by atoms with van der Waals surface area (Å²) in [5.74, 6) is -0.666. The lowest BCUT2D eigenvalue weighted by Gasteiger charge is -2.12. The van der Waals surface area contributed by atoms with Crippen LogP contribution in [0.3, 0.4) is 0 Å². The van der Waals surface area contributed by atoms with Crippen LogP contribution in [0.5, 0.6) is 5.75 Å². The zero-order valence-corrected chi connectivity index (χ0v) is 16.4. The summed E-state index contributed by atoms with van der Waals surface area (Å²) in [6.07, 6.45) is 4.51. The van der Waals surface area contributed by atoms with E-state index in [4.69, 9.17) is 11.6 Å². The number of hydrogen-bond donors (Lipinski definition) is 1. The zero-order valence-electron chi connectivity index (χ0n) is 15.6. The summed E-state index contributed by atoms with van der Waals surface area (Å²) >= 11 is 4.72. The van der Waals surface area contributed by atoms with E-state index < -0.39 is 11.5 Å². The van der Waals surface area contributed by atoms with E-state index in [1.807, 2.05) is 0 Å². The van der Waals surface area contributed by atoms with E-state index >= 15 is 0 Å². The Balaban J connectivity index is 1.57. The molecule has 0 fully saturated rings. The predicted molar refractivity (Wildman–Crippen MR) is 111 cm³/mol. The first-order valence-electron chi connectivity index (χ1n) is 8.89. The summed E-state index contributed by atoms with van der Waals surface area (Å²) in [5.41, 5.74) is -1.91. The van der Waals surface area contributed by atoms with E-state index in [-0.39, 0.29) is 16.9 Å². The molecule has 0 atom stereocenters.